The standard InChI is InChI=1S/C19H25FN4O2S.HI/c1-21-19(22-12-11-15-7-6-9-17(20)13-15)23-14-16-8-4-5-10-18(16)27(25,26)24(2)3;/h4-10,13H,11-12,14H2,1-3H3,(H2,21,22,23);1H. The summed E-state index contributed by atoms with van der Waals surface area (Å²) >= 11 is 0. The molecule has 2 rings (SSSR count). The largest absolute Gasteiger partial charge is 0.356 e. The monoisotopic (exact) mass is 520 g/mol. The van der Waals surface area contributed by atoms with Crippen LogP contribution >= 0.6 is 24.0 Å². The van der Waals surface area contributed by atoms with Crippen LogP contribution in [-0.2, 0) is 23.0 Å². The minimum Gasteiger partial charge on any atom is -0.356 e. The first-order valence-electron chi connectivity index (χ1n) is 8.54. The number of benzene rings is 2. The van der Waals surface area contributed by atoms with Gasteiger partial charge in [-0.1, -0.05) is 30.3 Å². The summed E-state index contributed by atoms with van der Waals surface area (Å²) in [5.41, 5.74) is 1.54. The van der Waals surface area contributed by atoms with Gasteiger partial charge in [0.1, 0.15) is 5.82 Å². The van der Waals surface area contributed by atoms with Crippen molar-refractivity contribution >= 4 is 40.0 Å². The quantitative estimate of drug-likeness (QED) is 0.335. The second-order valence-corrected chi connectivity index (χ2v) is 8.25. The lowest BCUT2D eigenvalue weighted by Crippen LogP contribution is -2.38. The van der Waals surface area contributed by atoms with E-state index in [9.17, 15) is 12.8 Å². The number of guanidine groups is 1. The lowest BCUT2D eigenvalue weighted by atomic mass is 10.1. The Labute approximate surface area is 183 Å². The Balaban J connectivity index is 0.00000392. The predicted molar refractivity (Wildman–Crippen MR) is 121 cm³/mol. The van der Waals surface area contributed by atoms with E-state index in [1.807, 2.05) is 6.07 Å². The van der Waals surface area contributed by atoms with Crippen molar-refractivity contribution in [3.8, 4) is 0 Å². The fourth-order valence-corrected chi connectivity index (χ4v) is 3.63. The zero-order valence-electron chi connectivity index (χ0n) is 16.1. The zero-order chi connectivity index (χ0) is 19.9. The summed E-state index contributed by atoms with van der Waals surface area (Å²) in [7, 11) is 1.13. The van der Waals surface area contributed by atoms with E-state index in [1.54, 1.807) is 37.4 Å². The number of hydrogen-bond acceptors (Lipinski definition) is 3. The predicted octanol–water partition coefficient (Wildman–Crippen LogP) is 2.60. The molecule has 0 aliphatic carbocycles. The van der Waals surface area contributed by atoms with E-state index in [4.69, 9.17) is 0 Å². The van der Waals surface area contributed by atoms with Crippen molar-refractivity contribution in [1.29, 1.82) is 0 Å². The summed E-state index contributed by atoms with van der Waals surface area (Å²) in [6.45, 7) is 0.879. The molecule has 0 saturated carbocycles. The third-order valence-corrected chi connectivity index (χ3v) is 5.91. The average molecular weight is 520 g/mol. The van der Waals surface area contributed by atoms with Gasteiger partial charge in [-0.05, 0) is 35.7 Å². The summed E-state index contributed by atoms with van der Waals surface area (Å²) in [5.74, 6) is 0.289. The molecule has 0 radical (unpaired) electrons. The molecule has 2 N–H and O–H groups in total. The van der Waals surface area contributed by atoms with Gasteiger partial charge in [0.05, 0.1) is 4.90 Å². The van der Waals surface area contributed by atoms with Crippen LogP contribution in [0.25, 0.3) is 0 Å². The molecule has 9 heteroatoms. The summed E-state index contributed by atoms with van der Waals surface area (Å²) in [4.78, 5) is 4.40. The lowest BCUT2D eigenvalue weighted by Gasteiger charge is -2.17. The fourth-order valence-electron chi connectivity index (χ4n) is 2.52. The fraction of sp³-hybridized carbons (Fsp3) is 0.316. The smallest absolute Gasteiger partial charge is 0.242 e. The first kappa shape index (κ1) is 24.3. The molecule has 6 nitrogen and oxygen atoms in total. The maximum atomic E-state index is 13.2. The maximum absolute atomic E-state index is 13.2. The molecule has 28 heavy (non-hydrogen) atoms. The minimum atomic E-state index is -3.52. The van der Waals surface area contributed by atoms with Crippen molar-refractivity contribution in [3.63, 3.8) is 0 Å². The Kier molecular flexibility index (Phi) is 9.83. The molecule has 0 spiro atoms. The third-order valence-electron chi connectivity index (χ3n) is 4.00. The van der Waals surface area contributed by atoms with Crippen LogP contribution < -0.4 is 10.6 Å². The van der Waals surface area contributed by atoms with Gasteiger partial charge in [0.2, 0.25) is 10.0 Å². The highest BCUT2D eigenvalue weighted by Crippen LogP contribution is 2.18. The lowest BCUT2D eigenvalue weighted by molar-refractivity contribution is 0.519. The summed E-state index contributed by atoms with van der Waals surface area (Å²) < 4.78 is 39.3. The van der Waals surface area contributed by atoms with Gasteiger partial charge in [0, 0.05) is 34.2 Å². The molecule has 154 valence electrons. The molecule has 0 aliphatic rings. The number of hydrogen-bond donors (Lipinski definition) is 2. The van der Waals surface area contributed by atoms with Crippen LogP contribution in [0.15, 0.2) is 58.4 Å². The van der Waals surface area contributed by atoms with Gasteiger partial charge in [0.25, 0.3) is 0 Å². The molecule has 0 bridgehead atoms. The summed E-state index contributed by atoms with van der Waals surface area (Å²) in [5, 5.41) is 6.26. The molecule has 0 aromatic heterocycles. The van der Waals surface area contributed by atoms with Crippen molar-refractivity contribution in [1.82, 2.24) is 14.9 Å². The zero-order valence-corrected chi connectivity index (χ0v) is 19.3. The van der Waals surface area contributed by atoms with Crippen LogP contribution in [0.4, 0.5) is 4.39 Å². The van der Waals surface area contributed by atoms with Crippen LogP contribution in [-0.4, -0.2) is 46.4 Å². The minimum absolute atomic E-state index is 0. The molecule has 0 saturated heterocycles. The van der Waals surface area contributed by atoms with Crippen molar-refractivity contribution < 1.29 is 12.8 Å². The highest BCUT2D eigenvalue weighted by atomic mass is 127. The third kappa shape index (κ3) is 6.71. The van der Waals surface area contributed by atoms with E-state index in [-0.39, 0.29) is 34.7 Å². The van der Waals surface area contributed by atoms with Gasteiger partial charge >= 0.3 is 0 Å². The first-order valence-corrected chi connectivity index (χ1v) is 9.98. The Bertz CT molecular complexity index is 904. The Morgan fingerprint density at radius 2 is 1.82 bits per heavy atom. The van der Waals surface area contributed by atoms with Gasteiger partial charge in [-0.2, -0.15) is 0 Å². The van der Waals surface area contributed by atoms with E-state index in [0.29, 0.717) is 31.0 Å². The van der Waals surface area contributed by atoms with E-state index in [1.165, 1.54) is 30.5 Å². The topological polar surface area (TPSA) is 73.8 Å². The normalized spacial score (nSPS) is 11.8. The van der Waals surface area contributed by atoms with E-state index < -0.39 is 10.0 Å². The van der Waals surface area contributed by atoms with Crippen molar-refractivity contribution in [2.75, 3.05) is 27.7 Å². The van der Waals surface area contributed by atoms with Crippen molar-refractivity contribution in [2.24, 2.45) is 4.99 Å². The van der Waals surface area contributed by atoms with Crippen molar-refractivity contribution in [2.45, 2.75) is 17.9 Å². The van der Waals surface area contributed by atoms with Gasteiger partial charge in [0.15, 0.2) is 5.96 Å². The van der Waals surface area contributed by atoms with Gasteiger partial charge in [-0.15, -0.1) is 24.0 Å². The van der Waals surface area contributed by atoms with Crippen LogP contribution in [0.5, 0.6) is 0 Å². The van der Waals surface area contributed by atoms with Crippen LogP contribution in [0.1, 0.15) is 11.1 Å². The molecule has 0 aliphatic heterocycles. The number of rotatable bonds is 7. The first-order chi connectivity index (χ1) is 12.8. The molecule has 0 amide bonds. The highest BCUT2D eigenvalue weighted by molar-refractivity contribution is 14.0. The van der Waals surface area contributed by atoms with E-state index in [0.717, 1.165) is 5.56 Å². The number of halogens is 2. The van der Waals surface area contributed by atoms with Gasteiger partial charge in [-0.25, -0.2) is 17.1 Å². The second kappa shape index (κ2) is 11.3. The molecule has 0 unspecified atom stereocenters. The molecule has 2 aromatic carbocycles. The number of nitrogens with one attached hydrogen (secondary N) is 2. The van der Waals surface area contributed by atoms with Gasteiger partial charge in [-0.3, -0.25) is 4.99 Å². The van der Waals surface area contributed by atoms with Crippen molar-refractivity contribution in [3.05, 3.63) is 65.5 Å². The molecule has 0 heterocycles. The molecular weight excluding hydrogens is 494 g/mol. The summed E-state index contributed by atoms with van der Waals surface area (Å²) in [6.07, 6.45) is 0.643. The van der Waals surface area contributed by atoms with E-state index in [2.05, 4.69) is 15.6 Å². The Morgan fingerprint density at radius 3 is 2.46 bits per heavy atom. The van der Waals surface area contributed by atoms with Crippen LogP contribution in [0.2, 0.25) is 0 Å². The van der Waals surface area contributed by atoms with Crippen LogP contribution in [0, 0.1) is 5.82 Å². The number of aliphatic imine (C=N–C) groups is 1. The average Bonchev–Trinajstić information content (AvgIpc) is 2.64. The van der Waals surface area contributed by atoms with E-state index >= 15 is 0 Å². The number of sulfonamides is 1. The highest BCUT2D eigenvalue weighted by Gasteiger charge is 2.20. The second-order valence-electron chi connectivity index (χ2n) is 6.13. The molecule has 0 atom stereocenters. The molecule has 0 fully saturated rings. The Hall–Kier alpha value is -1.72. The van der Waals surface area contributed by atoms with Gasteiger partial charge < -0.3 is 10.6 Å². The molecule has 2 aromatic rings. The maximum Gasteiger partial charge on any atom is 0.242 e. The SMILES string of the molecule is CN=C(NCCc1cccc(F)c1)NCc1ccccc1S(=O)(=O)N(C)C.I. The van der Waals surface area contributed by atoms with Crippen LogP contribution in [0.3, 0.4) is 0 Å². The number of nitrogens with zero attached hydrogens (tertiary/aromatic N) is 2. The molecular formula is C19H26FIN4O2S. The Morgan fingerprint density at radius 1 is 1.11 bits per heavy atom. The summed E-state index contributed by atoms with van der Waals surface area (Å²) in [6, 6.07) is 13.3.